The van der Waals surface area contributed by atoms with E-state index in [0.29, 0.717) is 17.4 Å². The summed E-state index contributed by atoms with van der Waals surface area (Å²) in [6.45, 7) is 6.87. The number of rotatable bonds is 49. The van der Waals surface area contributed by atoms with Gasteiger partial charge in [0.2, 0.25) is 5.91 Å². The molecule has 1 amide bonds. The summed E-state index contributed by atoms with van der Waals surface area (Å²) in [5.74, 6) is -0.515. The van der Waals surface area contributed by atoms with Crippen molar-refractivity contribution in [2.75, 3.05) is 40.9 Å². The largest absolute Gasteiger partial charge is 0.472 e. The maximum absolute atomic E-state index is 13.5. The van der Waals surface area contributed by atoms with Crippen molar-refractivity contribution in [3.63, 3.8) is 0 Å². The van der Waals surface area contributed by atoms with Gasteiger partial charge in [0.25, 0.3) is 0 Å². The van der Waals surface area contributed by atoms with Crippen molar-refractivity contribution in [3.05, 3.63) is 48.6 Å². The van der Waals surface area contributed by atoms with Gasteiger partial charge >= 0.3 is 13.8 Å². The highest BCUT2D eigenvalue weighted by molar-refractivity contribution is 7.47. The number of esters is 1. The molecule has 0 radical (unpaired) electrons. The quantitative estimate of drug-likeness (QED) is 0.0156. The fourth-order valence-electron chi connectivity index (χ4n) is 7.82. The van der Waals surface area contributed by atoms with E-state index < -0.39 is 20.0 Å². The number of allylic oxidation sites excluding steroid dienone is 7. The van der Waals surface area contributed by atoms with Crippen LogP contribution < -0.4 is 5.32 Å². The average molecular weight is 950 g/mol. The van der Waals surface area contributed by atoms with Crippen LogP contribution in [0.15, 0.2) is 48.6 Å². The number of nitrogens with one attached hydrogen (secondary N) is 1. The molecule has 0 aliphatic carbocycles. The SMILES string of the molecule is CC/C=C/C=C/C=C/CCCCCCCCCC(=O)OC(/C=C/CCCCCCCCCCC)C(COP(=O)(O)OCC[N+](C)(C)C)NC(=O)CCCCCCCCCCCCCCCC. The molecule has 0 aliphatic heterocycles. The Labute approximate surface area is 408 Å². The van der Waals surface area contributed by atoms with Crippen LogP contribution in [0.25, 0.3) is 0 Å². The zero-order valence-electron chi connectivity index (χ0n) is 43.9. The topological polar surface area (TPSA) is 111 Å². The van der Waals surface area contributed by atoms with E-state index in [2.05, 4.69) is 62.5 Å². The number of carbonyl (C=O) groups excluding carboxylic acids is 2. The smallest absolute Gasteiger partial charge is 0.456 e. The Morgan fingerprint density at radius 3 is 1.44 bits per heavy atom. The first-order valence-corrected chi connectivity index (χ1v) is 29.0. The van der Waals surface area contributed by atoms with Crippen LogP contribution in [0.4, 0.5) is 0 Å². The van der Waals surface area contributed by atoms with E-state index in [4.69, 9.17) is 13.8 Å². The highest BCUT2D eigenvalue weighted by Gasteiger charge is 2.30. The lowest BCUT2D eigenvalue weighted by Crippen LogP contribution is -2.47. The second kappa shape index (κ2) is 46.7. The molecule has 0 aromatic rings. The summed E-state index contributed by atoms with van der Waals surface area (Å²) in [7, 11) is 1.49. The Morgan fingerprint density at radius 1 is 0.545 bits per heavy atom. The summed E-state index contributed by atoms with van der Waals surface area (Å²) in [6.07, 6.45) is 55.3. The Bertz CT molecular complexity index is 1280. The molecule has 0 aromatic carbocycles. The zero-order valence-corrected chi connectivity index (χ0v) is 44.8. The van der Waals surface area contributed by atoms with E-state index in [0.717, 1.165) is 77.0 Å². The predicted octanol–water partition coefficient (Wildman–Crippen LogP) is 16.2. The van der Waals surface area contributed by atoms with Crippen LogP contribution in [0.5, 0.6) is 0 Å². The number of hydrogen-bond acceptors (Lipinski definition) is 6. The van der Waals surface area contributed by atoms with E-state index in [1.807, 2.05) is 33.3 Å². The van der Waals surface area contributed by atoms with Gasteiger partial charge in [-0.2, -0.15) is 0 Å². The van der Waals surface area contributed by atoms with Crippen LogP contribution in [0, 0.1) is 0 Å². The number of amides is 1. The van der Waals surface area contributed by atoms with Crippen molar-refractivity contribution in [2.24, 2.45) is 0 Å². The first kappa shape index (κ1) is 64.0. The number of nitrogens with zero attached hydrogens (tertiary/aromatic N) is 1. The van der Waals surface area contributed by atoms with Crippen molar-refractivity contribution in [2.45, 2.75) is 258 Å². The van der Waals surface area contributed by atoms with Crippen molar-refractivity contribution >= 4 is 19.7 Å². The summed E-state index contributed by atoms with van der Waals surface area (Å²) in [4.78, 5) is 37.5. The summed E-state index contributed by atoms with van der Waals surface area (Å²) in [6, 6.07) is -0.848. The maximum Gasteiger partial charge on any atom is 0.472 e. The Kier molecular flexibility index (Phi) is 45.3. The Hall–Kier alpha value is -2.03. The molecule has 3 atom stereocenters. The van der Waals surface area contributed by atoms with Crippen LogP contribution in [0.1, 0.15) is 245 Å². The van der Waals surface area contributed by atoms with Gasteiger partial charge in [-0.1, -0.05) is 230 Å². The van der Waals surface area contributed by atoms with Gasteiger partial charge in [0.1, 0.15) is 19.3 Å². The molecule has 66 heavy (non-hydrogen) atoms. The molecule has 386 valence electrons. The summed E-state index contributed by atoms with van der Waals surface area (Å²) in [5, 5.41) is 3.04. The average Bonchev–Trinajstić information content (AvgIpc) is 3.27. The molecule has 9 nitrogen and oxygen atoms in total. The van der Waals surface area contributed by atoms with Crippen LogP contribution >= 0.6 is 7.82 Å². The van der Waals surface area contributed by atoms with Crippen molar-refractivity contribution in [1.82, 2.24) is 5.32 Å². The molecule has 0 heterocycles. The minimum absolute atomic E-state index is 0.0388. The summed E-state index contributed by atoms with van der Waals surface area (Å²) < 4.78 is 30.5. The molecule has 0 saturated carbocycles. The third kappa shape index (κ3) is 47.1. The third-order valence-electron chi connectivity index (χ3n) is 12.1. The number of carbonyl (C=O) groups is 2. The van der Waals surface area contributed by atoms with E-state index >= 15 is 0 Å². The Morgan fingerprint density at radius 2 is 0.970 bits per heavy atom. The molecule has 2 N–H and O–H groups in total. The van der Waals surface area contributed by atoms with Gasteiger partial charge in [0.05, 0.1) is 33.8 Å². The molecule has 0 aromatic heterocycles. The number of quaternary nitrogens is 1. The fraction of sp³-hybridized carbons (Fsp3) is 0.821. The van der Waals surface area contributed by atoms with Gasteiger partial charge in [-0.3, -0.25) is 18.6 Å². The molecular weight excluding hydrogens is 844 g/mol. The monoisotopic (exact) mass is 950 g/mol. The normalized spacial score (nSPS) is 14.2. The molecule has 10 heteroatoms. The lowest BCUT2D eigenvalue weighted by molar-refractivity contribution is -0.870. The molecule has 3 unspecified atom stereocenters. The lowest BCUT2D eigenvalue weighted by Gasteiger charge is -2.27. The van der Waals surface area contributed by atoms with Gasteiger partial charge in [-0.15, -0.1) is 0 Å². The highest BCUT2D eigenvalue weighted by atomic mass is 31.2. The number of unbranched alkanes of at least 4 members (excludes halogenated alkanes) is 29. The molecule has 0 fully saturated rings. The number of hydrogen-bond donors (Lipinski definition) is 2. The third-order valence-corrected chi connectivity index (χ3v) is 13.1. The second-order valence-electron chi connectivity index (χ2n) is 19.8. The fourth-order valence-corrected chi connectivity index (χ4v) is 8.56. The van der Waals surface area contributed by atoms with Gasteiger partial charge in [0, 0.05) is 12.8 Å². The van der Waals surface area contributed by atoms with Crippen LogP contribution in [0.3, 0.4) is 0 Å². The number of phosphoric ester groups is 1. The van der Waals surface area contributed by atoms with Crippen LogP contribution in [0.2, 0.25) is 0 Å². The lowest BCUT2D eigenvalue weighted by atomic mass is 10.0. The molecule has 0 bridgehead atoms. The summed E-state index contributed by atoms with van der Waals surface area (Å²) >= 11 is 0. The van der Waals surface area contributed by atoms with Gasteiger partial charge in [-0.25, -0.2) is 4.57 Å². The molecule has 0 saturated heterocycles. The number of phosphoric acid groups is 1. The number of likely N-dealkylation sites (N-methyl/N-ethyl adjacent to an activating group) is 1. The number of ether oxygens (including phenoxy) is 1. The molecule has 0 rings (SSSR count). The second-order valence-corrected chi connectivity index (χ2v) is 21.2. The highest BCUT2D eigenvalue weighted by Crippen LogP contribution is 2.43. The van der Waals surface area contributed by atoms with Gasteiger partial charge < -0.3 is 19.4 Å². The first-order chi connectivity index (χ1) is 31.9. The minimum atomic E-state index is -4.44. The summed E-state index contributed by atoms with van der Waals surface area (Å²) in [5.41, 5.74) is 0. The van der Waals surface area contributed by atoms with E-state index in [-0.39, 0.29) is 31.5 Å². The first-order valence-electron chi connectivity index (χ1n) is 27.5. The van der Waals surface area contributed by atoms with Crippen LogP contribution in [-0.4, -0.2) is 74.3 Å². The zero-order chi connectivity index (χ0) is 48.7. The van der Waals surface area contributed by atoms with E-state index in [9.17, 15) is 19.0 Å². The van der Waals surface area contributed by atoms with Crippen molar-refractivity contribution in [1.29, 1.82) is 0 Å². The molecular formula is C56H106N2O7P+. The standard InChI is InChI=1S/C56H105N2O7P/c1-7-10-13-16-19-22-25-27-29-31-34-37-40-43-46-49-56(60)65-54(47-44-41-38-35-32-24-21-18-15-12-9-3)53(52-64-66(61,62)63-51-50-58(4,5)6)57-55(59)48-45-42-39-36-33-30-28-26-23-20-17-14-11-8-2/h10,13,16,19,22,25,44,47,53-54H,7-9,11-12,14-15,17-18,20-21,23-24,26-43,45-46,48-52H2,1-6H3,(H-,57,59,61,62)/p+1/b13-10+,19-16+,25-22+,47-44+. The van der Waals surface area contributed by atoms with Crippen molar-refractivity contribution < 1.29 is 37.3 Å². The van der Waals surface area contributed by atoms with Gasteiger partial charge in [0.15, 0.2) is 0 Å². The minimum Gasteiger partial charge on any atom is -0.456 e. The van der Waals surface area contributed by atoms with Gasteiger partial charge in [-0.05, 0) is 51.0 Å². The van der Waals surface area contributed by atoms with Crippen LogP contribution in [-0.2, 0) is 27.9 Å². The van der Waals surface area contributed by atoms with E-state index in [1.165, 1.54) is 135 Å². The molecule has 0 aliphatic rings. The Balaban J connectivity index is 5.37. The maximum atomic E-state index is 13.5. The van der Waals surface area contributed by atoms with E-state index in [1.54, 1.807) is 0 Å². The van der Waals surface area contributed by atoms with Crippen molar-refractivity contribution in [3.8, 4) is 0 Å². The molecule has 0 spiro atoms. The predicted molar refractivity (Wildman–Crippen MR) is 282 cm³/mol.